The van der Waals surface area contributed by atoms with Crippen molar-refractivity contribution in [2.45, 2.75) is 0 Å². The Bertz CT molecular complexity index is 748. The molecule has 92 valence electrons. The van der Waals surface area contributed by atoms with Gasteiger partial charge in [-0.05, 0) is 24.3 Å². The molecule has 0 bridgehead atoms. The molecule has 3 aromatic rings. The van der Waals surface area contributed by atoms with E-state index in [1.165, 1.54) is 0 Å². The molecular formula is C13H8N5NaO. The predicted octanol–water partition coefficient (Wildman–Crippen LogP) is 0.277. The maximum absolute atomic E-state index is 10.4. The summed E-state index contributed by atoms with van der Waals surface area (Å²) >= 11 is 0. The molecule has 0 aliphatic rings. The van der Waals surface area contributed by atoms with Crippen LogP contribution in [0.4, 0.5) is 5.82 Å². The maximum Gasteiger partial charge on any atom is 1.00 e. The van der Waals surface area contributed by atoms with Crippen LogP contribution in [0.5, 0.6) is 0 Å². The number of hydrogen-bond acceptors (Lipinski definition) is 6. The number of fused-ring (bicyclic) bond motifs is 1. The molecule has 0 radical (unpaired) electrons. The van der Waals surface area contributed by atoms with Crippen LogP contribution in [0, 0.1) is 5.21 Å². The van der Waals surface area contributed by atoms with E-state index in [1.807, 2.05) is 24.3 Å². The van der Waals surface area contributed by atoms with Crippen LogP contribution in [0.2, 0.25) is 0 Å². The van der Waals surface area contributed by atoms with Gasteiger partial charge in [-0.2, -0.15) is 0 Å². The largest absolute Gasteiger partial charge is 1.00 e. The van der Waals surface area contributed by atoms with Gasteiger partial charge in [0.15, 0.2) is 11.6 Å². The molecule has 2 aromatic heterocycles. The fourth-order valence-corrected chi connectivity index (χ4v) is 1.80. The summed E-state index contributed by atoms with van der Waals surface area (Å²) in [7, 11) is 0. The first kappa shape index (κ1) is 14.5. The maximum atomic E-state index is 10.4. The predicted molar refractivity (Wildman–Crippen MR) is 70.7 cm³/mol. The van der Waals surface area contributed by atoms with Crippen LogP contribution in [0.15, 0.2) is 59.2 Å². The molecular weight excluding hydrogens is 265 g/mol. The molecule has 0 aliphatic heterocycles. The molecule has 3 rings (SSSR count). The standard InChI is InChI=1S/C13H9N5O.Na/c19-18-17-13-10-5-1-2-6-11(10)15-12(16-13)9-4-3-7-14-8-9;/h1-8H,(H,15,16,17,19);/q;+1/p-1. The van der Waals surface area contributed by atoms with E-state index in [9.17, 15) is 5.21 Å². The quantitative estimate of drug-likeness (QED) is 0.381. The van der Waals surface area contributed by atoms with Gasteiger partial charge in [0, 0.05) is 23.3 Å². The van der Waals surface area contributed by atoms with Crippen molar-refractivity contribution < 1.29 is 29.6 Å². The summed E-state index contributed by atoms with van der Waals surface area (Å²) in [5, 5.41) is 17.1. The smallest absolute Gasteiger partial charge is 0.775 e. The molecule has 0 spiro atoms. The van der Waals surface area contributed by atoms with Crippen LogP contribution in [-0.4, -0.2) is 15.0 Å². The van der Waals surface area contributed by atoms with E-state index in [0.29, 0.717) is 16.7 Å². The number of para-hydroxylation sites is 1. The molecule has 20 heavy (non-hydrogen) atoms. The van der Waals surface area contributed by atoms with E-state index in [2.05, 4.69) is 25.3 Å². The molecule has 0 saturated heterocycles. The molecule has 1 aromatic carbocycles. The third-order valence-electron chi connectivity index (χ3n) is 2.64. The van der Waals surface area contributed by atoms with Crippen molar-refractivity contribution in [2.75, 3.05) is 0 Å². The molecule has 0 N–H and O–H groups in total. The molecule has 0 aliphatic carbocycles. The summed E-state index contributed by atoms with van der Waals surface area (Å²) < 4.78 is 0. The van der Waals surface area contributed by atoms with Gasteiger partial charge in [-0.3, -0.25) is 4.98 Å². The van der Waals surface area contributed by atoms with Gasteiger partial charge in [-0.15, -0.1) is 5.11 Å². The Kier molecular flexibility index (Phi) is 4.73. The van der Waals surface area contributed by atoms with Crippen LogP contribution < -0.4 is 29.6 Å². The first-order chi connectivity index (χ1) is 9.38. The van der Waals surface area contributed by atoms with Crippen LogP contribution in [-0.2, 0) is 0 Å². The Morgan fingerprint density at radius 3 is 2.60 bits per heavy atom. The van der Waals surface area contributed by atoms with E-state index in [0.717, 1.165) is 5.56 Å². The second-order valence-electron chi connectivity index (χ2n) is 3.81. The minimum absolute atomic E-state index is 0. The summed E-state index contributed by atoms with van der Waals surface area (Å²) in [6, 6.07) is 11.0. The van der Waals surface area contributed by atoms with Crippen molar-refractivity contribution in [3.63, 3.8) is 0 Å². The average Bonchev–Trinajstić information content (AvgIpc) is 2.48. The van der Waals surface area contributed by atoms with Gasteiger partial charge in [-0.1, -0.05) is 12.1 Å². The summed E-state index contributed by atoms with van der Waals surface area (Å²) in [5.41, 5.74) is 1.47. The van der Waals surface area contributed by atoms with Crippen LogP contribution >= 0.6 is 0 Å². The normalized spacial score (nSPS) is 10.6. The van der Waals surface area contributed by atoms with Crippen molar-refractivity contribution in [1.29, 1.82) is 0 Å². The number of benzene rings is 1. The van der Waals surface area contributed by atoms with E-state index in [4.69, 9.17) is 0 Å². The molecule has 2 heterocycles. The first-order valence-electron chi connectivity index (χ1n) is 5.59. The molecule has 0 saturated carbocycles. The van der Waals surface area contributed by atoms with Crippen molar-refractivity contribution in [2.24, 2.45) is 10.4 Å². The molecule has 7 heteroatoms. The summed E-state index contributed by atoms with van der Waals surface area (Å²) in [6.07, 6.45) is 3.32. The van der Waals surface area contributed by atoms with Gasteiger partial charge in [0.25, 0.3) is 0 Å². The van der Waals surface area contributed by atoms with Crippen molar-refractivity contribution in [1.82, 2.24) is 15.0 Å². The van der Waals surface area contributed by atoms with E-state index in [1.54, 1.807) is 24.5 Å². The topological polar surface area (TPSA) is 86.5 Å². The van der Waals surface area contributed by atoms with Crippen molar-refractivity contribution in [3.05, 3.63) is 54.0 Å². The minimum Gasteiger partial charge on any atom is -0.775 e. The second-order valence-corrected chi connectivity index (χ2v) is 3.81. The number of pyridine rings is 1. The zero-order valence-electron chi connectivity index (χ0n) is 10.8. The molecule has 0 atom stereocenters. The van der Waals surface area contributed by atoms with Gasteiger partial charge in [0.2, 0.25) is 0 Å². The Balaban J connectivity index is 0.00000147. The summed E-state index contributed by atoms with van der Waals surface area (Å²) in [5.74, 6) is 0.730. The van der Waals surface area contributed by atoms with E-state index < -0.39 is 0 Å². The second kappa shape index (κ2) is 6.51. The Labute approximate surface area is 136 Å². The summed E-state index contributed by atoms with van der Waals surface area (Å²) in [6.45, 7) is 0. The minimum atomic E-state index is 0. The van der Waals surface area contributed by atoms with Crippen molar-refractivity contribution in [3.8, 4) is 11.4 Å². The average molecular weight is 273 g/mol. The van der Waals surface area contributed by atoms with Gasteiger partial charge in [0.1, 0.15) is 0 Å². The van der Waals surface area contributed by atoms with Gasteiger partial charge in [0.05, 0.1) is 5.52 Å². The molecule has 0 amide bonds. The van der Waals surface area contributed by atoms with Crippen LogP contribution in [0.1, 0.15) is 0 Å². The third kappa shape index (κ3) is 2.82. The van der Waals surface area contributed by atoms with E-state index >= 15 is 0 Å². The summed E-state index contributed by atoms with van der Waals surface area (Å²) in [4.78, 5) is 12.7. The van der Waals surface area contributed by atoms with Gasteiger partial charge < -0.3 is 5.21 Å². The monoisotopic (exact) mass is 273 g/mol. The number of nitrogens with zero attached hydrogens (tertiary/aromatic N) is 5. The first-order valence-corrected chi connectivity index (χ1v) is 5.59. The number of aromatic nitrogens is 3. The zero-order valence-corrected chi connectivity index (χ0v) is 12.8. The number of rotatable bonds is 2. The van der Waals surface area contributed by atoms with Crippen LogP contribution in [0.25, 0.3) is 22.3 Å². The van der Waals surface area contributed by atoms with Crippen molar-refractivity contribution >= 4 is 16.7 Å². The SMILES string of the molecule is [Na+].[O-]N=Nc1nc(-c2cccnc2)nc2ccccc12. The fraction of sp³-hybridized carbons (Fsp3) is 0. The fourth-order valence-electron chi connectivity index (χ4n) is 1.80. The van der Waals surface area contributed by atoms with Crippen LogP contribution in [0.3, 0.4) is 0 Å². The molecule has 0 unspecified atom stereocenters. The van der Waals surface area contributed by atoms with Gasteiger partial charge >= 0.3 is 29.6 Å². The third-order valence-corrected chi connectivity index (χ3v) is 2.64. The van der Waals surface area contributed by atoms with Gasteiger partial charge in [-0.25, -0.2) is 15.2 Å². The zero-order chi connectivity index (χ0) is 13.1. The Morgan fingerprint density at radius 1 is 1.00 bits per heavy atom. The Hall–Kier alpha value is -1.89. The Morgan fingerprint density at radius 2 is 1.85 bits per heavy atom. The molecule has 0 fully saturated rings. The molecule has 6 nitrogen and oxygen atoms in total. The van der Waals surface area contributed by atoms with E-state index in [-0.39, 0.29) is 35.4 Å². The number of hydrogen-bond donors (Lipinski definition) is 0.